The van der Waals surface area contributed by atoms with Gasteiger partial charge in [-0.1, -0.05) is 48.5 Å². The van der Waals surface area contributed by atoms with Crippen LogP contribution in [0.3, 0.4) is 0 Å². The molecule has 0 unspecified atom stereocenters. The van der Waals surface area contributed by atoms with E-state index in [9.17, 15) is 0 Å². The molecule has 0 saturated carbocycles. The van der Waals surface area contributed by atoms with E-state index < -0.39 is 0 Å². The van der Waals surface area contributed by atoms with Crippen LogP contribution in [0.15, 0.2) is 182 Å². The van der Waals surface area contributed by atoms with Gasteiger partial charge in [0.15, 0.2) is 0 Å². The van der Waals surface area contributed by atoms with Crippen molar-refractivity contribution < 1.29 is 0 Å². The van der Waals surface area contributed by atoms with E-state index in [-0.39, 0.29) is 0 Å². The summed E-state index contributed by atoms with van der Waals surface area (Å²) in [5, 5.41) is 7.86. The van der Waals surface area contributed by atoms with E-state index in [0.29, 0.717) is 14.5 Å². The zero-order chi connectivity index (χ0) is 34.2. The van der Waals surface area contributed by atoms with Gasteiger partial charge in [-0.25, -0.2) is 0 Å². The molecule has 11 aromatic rings. The van der Waals surface area contributed by atoms with Gasteiger partial charge in [-0.05, 0) is 24.3 Å². The summed E-state index contributed by atoms with van der Waals surface area (Å²) in [5.74, 6) is 0. The Hall–Kier alpha value is -5.90. The van der Waals surface area contributed by atoms with Gasteiger partial charge in [-0.2, -0.15) is 0 Å². The van der Waals surface area contributed by atoms with E-state index in [1.54, 1.807) is 0 Å². The first-order chi connectivity index (χ1) is 25.8. The molecule has 0 bridgehead atoms. The predicted octanol–water partition coefficient (Wildman–Crippen LogP) is 13.7. The van der Waals surface area contributed by atoms with Crippen molar-refractivity contribution in [1.82, 2.24) is 4.57 Å². The predicted molar refractivity (Wildman–Crippen MR) is 226 cm³/mol. The first kappa shape index (κ1) is 29.8. The molecule has 0 fully saturated rings. The second-order valence-corrected chi connectivity index (χ2v) is 16.7. The molecule has 2 nitrogen and oxygen atoms in total. The maximum atomic E-state index is 2.46. The number of thiophene rings is 1. The minimum atomic E-state index is 0.336. The molecule has 0 aliphatic carbocycles. The molecule has 0 saturated heterocycles. The van der Waals surface area contributed by atoms with Gasteiger partial charge in [0, 0.05) is 5.69 Å². The first-order valence-electron chi connectivity index (χ1n) is 17.6. The summed E-state index contributed by atoms with van der Waals surface area (Å²) in [4.78, 5) is 2.46. The van der Waals surface area contributed by atoms with Crippen LogP contribution in [0.1, 0.15) is 0 Å². The Morgan fingerprint density at radius 1 is 0.423 bits per heavy atom. The van der Waals surface area contributed by atoms with Crippen LogP contribution in [0, 0.1) is 0 Å². The quantitative estimate of drug-likeness (QED) is 0.159. The number of rotatable bonds is 5. The molecule has 8 aromatic carbocycles. The molecule has 11 rings (SSSR count). The van der Waals surface area contributed by atoms with Crippen molar-refractivity contribution in [2.24, 2.45) is 0 Å². The molecule has 0 aliphatic heterocycles. The third-order valence-corrected chi connectivity index (χ3v) is 13.9. The molecule has 3 aromatic heterocycles. The fraction of sp³-hybridized carbons (Fsp3) is 0. The molecule has 3 heterocycles. The zero-order valence-corrected chi connectivity index (χ0v) is 30.6. The van der Waals surface area contributed by atoms with E-state index in [1.807, 2.05) is 11.3 Å². The fourth-order valence-corrected chi connectivity index (χ4v) is 11.6. The van der Waals surface area contributed by atoms with Crippen molar-refractivity contribution in [2.75, 3.05) is 4.90 Å². The Kier molecular flexibility index (Phi) is 6.78. The van der Waals surface area contributed by atoms with Crippen molar-refractivity contribution in [2.45, 2.75) is 0 Å². The molecular weight excluding hydrogens is 716 g/mol. The minimum Gasteiger partial charge on any atom is -0.0602 e. The van der Waals surface area contributed by atoms with Crippen molar-refractivity contribution in [3.05, 3.63) is 182 Å². The fourth-order valence-electron chi connectivity index (χ4n) is 8.03. The van der Waals surface area contributed by atoms with Gasteiger partial charge in [0.05, 0.1) is 5.52 Å². The number of anilines is 3. The van der Waals surface area contributed by atoms with Crippen molar-refractivity contribution in [1.29, 1.82) is 0 Å². The molecular formula is C48H30N2SSe. The maximum absolute atomic E-state index is 2.46. The molecule has 0 N–H and O–H groups in total. The van der Waals surface area contributed by atoms with Crippen LogP contribution in [0.2, 0.25) is 0 Å². The van der Waals surface area contributed by atoms with E-state index in [0.717, 1.165) is 11.4 Å². The van der Waals surface area contributed by atoms with Crippen LogP contribution in [0.25, 0.3) is 78.1 Å². The van der Waals surface area contributed by atoms with Crippen molar-refractivity contribution in [3.63, 3.8) is 0 Å². The molecule has 244 valence electrons. The SMILES string of the molecule is c1ccc(-n2c3ccccc3c3cc(N(c4ccc(-c5ccc6c(c5)[se]c5ccccc56)cc4)c4cccc5sc6ccccc6c45)ccc32)cc1. The van der Waals surface area contributed by atoms with E-state index in [1.165, 1.54) is 83.8 Å². The smallest absolute Gasteiger partial charge is 0.0602 e. The molecule has 0 atom stereocenters. The number of nitrogens with zero attached hydrogens (tertiary/aromatic N) is 2. The molecule has 0 amide bonds. The van der Waals surface area contributed by atoms with E-state index >= 15 is 0 Å². The minimum absolute atomic E-state index is 0.336. The van der Waals surface area contributed by atoms with Crippen LogP contribution in [-0.4, -0.2) is 19.1 Å². The third kappa shape index (κ3) is 4.62. The van der Waals surface area contributed by atoms with Gasteiger partial charge < -0.3 is 4.57 Å². The Bertz CT molecular complexity index is 3130. The van der Waals surface area contributed by atoms with Gasteiger partial charge in [0.2, 0.25) is 0 Å². The summed E-state index contributed by atoms with van der Waals surface area (Å²) in [6.45, 7) is 0. The van der Waals surface area contributed by atoms with E-state index in [4.69, 9.17) is 0 Å². The monoisotopic (exact) mass is 746 g/mol. The number of aromatic nitrogens is 1. The average molecular weight is 746 g/mol. The van der Waals surface area contributed by atoms with Crippen molar-refractivity contribution >= 4 is 104 Å². The van der Waals surface area contributed by atoms with E-state index in [2.05, 4.69) is 191 Å². The molecule has 0 spiro atoms. The number of fused-ring (bicyclic) bond motifs is 9. The number of hydrogen-bond acceptors (Lipinski definition) is 2. The molecule has 0 radical (unpaired) electrons. The van der Waals surface area contributed by atoms with Gasteiger partial charge in [0.25, 0.3) is 0 Å². The number of para-hydroxylation sites is 2. The van der Waals surface area contributed by atoms with Crippen LogP contribution >= 0.6 is 11.3 Å². The number of hydrogen-bond donors (Lipinski definition) is 0. The average Bonchev–Trinajstić information content (AvgIpc) is 3.88. The number of benzene rings is 8. The second-order valence-electron chi connectivity index (χ2n) is 13.3. The summed E-state index contributed by atoms with van der Waals surface area (Å²) in [5.41, 5.74) is 9.54. The standard InChI is InChI=1S/C48H30N2SSe/c1-2-11-33(12-3-1)50-41-16-7-4-13-36(41)40-30-35(26-28-42(40)50)49(43-17-10-19-45-48(43)39-15-5-8-18-44(39)51-45)34-24-21-31(22-25-34)32-23-27-38-37-14-6-9-20-46(37)52-47(38)29-32/h1-30H. The first-order valence-corrected chi connectivity index (χ1v) is 20.1. The third-order valence-electron chi connectivity index (χ3n) is 10.4. The van der Waals surface area contributed by atoms with Gasteiger partial charge in [0.1, 0.15) is 0 Å². The molecule has 4 heteroatoms. The summed E-state index contributed by atoms with van der Waals surface area (Å²) >= 11 is 2.20. The van der Waals surface area contributed by atoms with Gasteiger partial charge in [-0.3, -0.25) is 0 Å². The normalized spacial score (nSPS) is 11.8. The summed E-state index contributed by atoms with van der Waals surface area (Å²) in [7, 11) is 0. The Labute approximate surface area is 310 Å². The van der Waals surface area contributed by atoms with Crippen LogP contribution in [0.5, 0.6) is 0 Å². The molecule has 52 heavy (non-hydrogen) atoms. The van der Waals surface area contributed by atoms with Gasteiger partial charge in [-0.15, -0.1) is 0 Å². The van der Waals surface area contributed by atoms with Gasteiger partial charge >= 0.3 is 224 Å². The summed E-state index contributed by atoms with van der Waals surface area (Å²) in [6.07, 6.45) is 0. The zero-order valence-electron chi connectivity index (χ0n) is 28.0. The molecule has 0 aliphatic rings. The van der Waals surface area contributed by atoms with Crippen LogP contribution in [0.4, 0.5) is 17.1 Å². The Balaban J connectivity index is 1.11. The summed E-state index contributed by atoms with van der Waals surface area (Å²) < 4.78 is 7.94. The Morgan fingerprint density at radius 3 is 1.98 bits per heavy atom. The van der Waals surface area contributed by atoms with Crippen molar-refractivity contribution in [3.8, 4) is 16.8 Å². The second kappa shape index (κ2) is 11.8. The van der Waals surface area contributed by atoms with Crippen LogP contribution in [-0.2, 0) is 0 Å². The summed E-state index contributed by atoms with van der Waals surface area (Å²) in [6, 6.07) is 67.1. The Morgan fingerprint density at radius 2 is 1.10 bits per heavy atom. The topological polar surface area (TPSA) is 8.17 Å². The van der Waals surface area contributed by atoms with Crippen LogP contribution < -0.4 is 4.90 Å².